The molecule has 0 saturated carbocycles. The second-order valence-corrected chi connectivity index (χ2v) is 5.34. The average Bonchev–Trinajstić information content (AvgIpc) is 2.61. The van der Waals surface area contributed by atoms with E-state index in [1.54, 1.807) is 24.1 Å². The molecule has 2 rings (SSSR count). The summed E-state index contributed by atoms with van der Waals surface area (Å²) in [5, 5.41) is 2.87. The molecule has 0 fully saturated rings. The van der Waals surface area contributed by atoms with Gasteiger partial charge in [-0.2, -0.15) is 0 Å². The van der Waals surface area contributed by atoms with E-state index in [1.165, 1.54) is 0 Å². The first-order chi connectivity index (χ1) is 10.1. The van der Waals surface area contributed by atoms with Crippen molar-refractivity contribution in [1.82, 2.24) is 5.32 Å². The van der Waals surface area contributed by atoms with Crippen molar-refractivity contribution in [3.05, 3.63) is 29.8 Å². The first-order valence-electron chi connectivity index (χ1n) is 7.30. The molecule has 1 N–H and O–H groups in total. The predicted molar refractivity (Wildman–Crippen MR) is 81.4 cm³/mol. The molecule has 0 aliphatic carbocycles. The number of benzene rings is 1. The smallest absolute Gasteiger partial charge is 0.254 e. The number of methoxy groups -OCH3 is 1. The van der Waals surface area contributed by atoms with Crippen LogP contribution in [0.1, 0.15) is 30.6 Å². The number of hydrogen-bond acceptors (Lipinski definition) is 3. The van der Waals surface area contributed by atoms with Crippen LogP contribution in [0.15, 0.2) is 24.3 Å². The molecule has 1 aliphatic rings. The number of anilines is 1. The van der Waals surface area contributed by atoms with Crippen molar-refractivity contribution < 1.29 is 14.3 Å². The Morgan fingerprint density at radius 2 is 2.05 bits per heavy atom. The fraction of sp³-hybridized carbons (Fsp3) is 0.500. The largest absolute Gasteiger partial charge is 0.383 e. The summed E-state index contributed by atoms with van der Waals surface area (Å²) in [4.78, 5) is 26.9. The number of rotatable bonds is 5. The number of nitrogens with zero attached hydrogens (tertiary/aromatic N) is 1. The molecule has 21 heavy (non-hydrogen) atoms. The zero-order valence-corrected chi connectivity index (χ0v) is 12.8. The summed E-state index contributed by atoms with van der Waals surface area (Å²) in [7, 11) is 1.60. The van der Waals surface area contributed by atoms with Gasteiger partial charge >= 0.3 is 0 Å². The predicted octanol–water partition coefficient (Wildman–Crippen LogP) is 1.82. The van der Waals surface area contributed by atoms with E-state index in [-0.39, 0.29) is 17.7 Å². The van der Waals surface area contributed by atoms with Crippen molar-refractivity contribution in [2.75, 3.05) is 25.2 Å². The summed E-state index contributed by atoms with van der Waals surface area (Å²) < 4.78 is 5.10. The molecule has 2 unspecified atom stereocenters. The average molecular weight is 290 g/mol. The Hall–Kier alpha value is -1.88. The topological polar surface area (TPSA) is 58.6 Å². The number of hydrogen-bond donors (Lipinski definition) is 1. The van der Waals surface area contributed by atoms with E-state index >= 15 is 0 Å². The highest BCUT2D eigenvalue weighted by Gasteiger charge is 2.35. The quantitative estimate of drug-likeness (QED) is 0.900. The highest BCUT2D eigenvalue weighted by atomic mass is 16.5. The van der Waals surface area contributed by atoms with Gasteiger partial charge < -0.3 is 15.0 Å². The van der Waals surface area contributed by atoms with Crippen molar-refractivity contribution in [3.63, 3.8) is 0 Å². The van der Waals surface area contributed by atoms with E-state index in [1.807, 2.05) is 26.0 Å². The number of amides is 2. The van der Waals surface area contributed by atoms with Gasteiger partial charge in [0.05, 0.1) is 17.9 Å². The van der Waals surface area contributed by atoms with Gasteiger partial charge in [-0.05, 0) is 18.1 Å². The number of fused-ring (bicyclic) bond motifs is 1. The van der Waals surface area contributed by atoms with Gasteiger partial charge in [-0.25, -0.2) is 0 Å². The van der Waals surface area contributed by atoms with Gasteiger partial charge in [0.15, 0.2) is 0 Å². The minimum Gasteiger partial charge on any atom is -0.383 e. The van der Waals surface area contributed by atoms with Crippen molar-refractivity contribution in [2.24, 2.45) is 5.92 Å². The third-order valence-electron chi connectivity index (χ3n) is 3.99. The van der Waals surface area contributed by atoms with E-state index in [9.17, 15) is 9.59 Å². The van der Waals surface area contributed by atoms with Gasteiger partial charge in [0.2, 0.25) is 5.91 Å². The lowest BCUT2D eigenvalue weighted by Gasteiger charge is -2.27. The van der Waals surface area contributed by atoms with Crippen LogP contribution in [0.5, 0.6) is 0 Å². The van der Waals surface area contributed by atoms with E-state index < -0.39 is 6.04 Å². The van der Waals surface area contributed by atoms with Crippen LogP contribution in [0.25, 0.3) is 0 Å². The van der Waals surface area contributed by atoms with Crippen LogP contribution >= 0.6 is 0 Å². The molecule has 0 bridgehead atoms. The standard InChI is InChI=1S/C16H22N2O3/c1-4-11(2)14-16(20)18(9-10-21-3)13-8-6-5-7-12(13)15(19)17-14/h5-8,11,14H,4,9-10H2,1-3H3,(H,17,19). The molecule has 114 valence electrons. The normalized spacial score (nSPS) is 19.8. The van der Waals surface area contributed by atoms with Crippen LogP contribution in [0.3, 0.4) is 0 Å². The molecule has 0 radical (unpaired) electrons. The molecule has 1 heterocycles. The monoisotopic (exact) mass is 290 g/mol. The zero-order chi connectivity index (χ0) is 15.4. The van der Waals surface area contributed by atoms with Crippen LogP contribution in [0.4, 0.5) is 5.69 Å². The minimum absolute atomic E-state index is 0.0697. The Labute approximate surface area is 125 Å². The van der Waals surface area contributed by atoms with Crippen LogP contribution in [0.2, 0.25) is 0 Å². The van der Waals surface area contributed by atoms with Gasteiger partial charge in [0.1, 0.15) is 6.04 Å². The molecule has 1 aromatic rings. The second kappa shape index (κ2) is 6.72. The third kappa shape index (κ3) is 3.08. The summed E-state index contributed by atoms with van der Waals surface area (Å²) in [6.45, 7) is 4.87. The fourth-order valence-electron chi connectivity index (χ4n) is 2.50. The number of ether oxygens (including phenoxy) is 1. The third-order valence-corrected chi connectivity index (χ3v) is 3.99. The number of para-hydroxylation sites is 1. The van der Waals surface area contributed by atoms with E-state index in [4.69, 9.17) is 4.74 Å². The Morgan fingerprint density at radius 1 is 1.33 bits per heavy atom. The maximum atomic E-state index is 12.8. The van der Waals surface area contributed by atoms with Crippen LogP contribution in [-0.2, 0) is 9.53 Å². The number of nitrogens with one attached hydrogen (secondary N) is 1. The van der Waals surface area contributed by atoms with Gasteiger partial charge in [-0.1, -0.05) is 32.4 Å². The summed E-state index contributed by atoms with van der Waals surface area (Å²) >= 11 is 0. The molecule has 1 aliphatic heterocycles. The van der Waals surface area contributed by atoms with E-state index in [2.05, 4.69) is 5.32 Å². The Kier molecular flexibility index (Phi) is 4.96. The lowest BCUT2D eigenvalue weighted by molar-refractivity contribution is -0.121. The number of carbonyl (C=O) groups excluding carboxylic acids is 2. The van der Waals surface area contributed by atoms with Crippen molar-refractivity contribution in [1.29, 1.82) is 0 Å². The highest BCUT2D eigenvalue weighted by Crippen LogP contribution is 2.26. The van der Waals surface area contributed by atoms with Gasteiger partial charge in [0.25, 0.3) is 5.91 Å². The molecular formula is C16H22N2O3. The SMILES string of the molecule is CCC(C)C1NC(=O)c2ccccc2N(CCOC)C1=O. The maximum absolute atomic E-state index is 12.8. The van der Waals surface area contributed by atoms with Gasteiger partial charge in [0, 0.05) is 13.7 Å². The number of carbonyl (C=O) groups is 2. The Bertz CT molecular complexity index is 530. The molecule has 2 amide bonds. The van der Waals surface area contributed by atoms with E-state index in [0.29, 0.717) is 24.4 Å². The lowest BCUT2D eigenvalue weighted by atomic mass is 9.98. The molecular weight excluding hydrogens is 268 g/mol. The summed E-state index contributed by atoms with van der Waals surface area (Å²) in [6, 6.07) is 6.70. The zero-order valence-electron chi connectivity index (χ0n) is 12.8. The molecule has 2 atom stereocenters. The first kappa shape index (κ1) is 15.5. The first-order valence-corrected chi connectivity index (χ1v) is 7.30. The Morgan fingerprint density at radius 3 is 2.71 bits per heavy atom. The summed E-state index contributed by atoms with van der Waals surface area (Å²) in [5.41, 5.74) is 1.19. The van der Waals surface area contributed by atoms with Crippen LogP contribution < -0.4 is 10.2 Å². The minimum atomic E-state index is -0.494. The van der Waals surface area contributed by atoms with Crippen molar-refractivity contribution >= 4 is 17.5 Å². The summed E-state index contributed by atoms with van der Waals surface area (Å²) in [5.74, 6) is -0.176. The van der Waals surface area contributed by atoms with Gasteiger partial charge in [-0.3, -0.25) is 9.59 Å². The maximum Gasteiger partial charge on any atom is 0.254 e. The van der Waals surface area contributed by atoms with Crippen LogP contribution in [0, 0.1) is 5.92 Å². The van der Waals surface area contributed by atoms with E-state index in [0.717, 1.165) is 6.42 Å². The Balaban J connectivity index is 2.43. The molecule has 5 heteroatoms. The highest BCUT2D eigenvalue weighted by molar-refractivity contribution is 6.11. The summed E-state index contributed by atoms with van der Waals surface area (Å²) in [6.07, 6.45) is 0.825. The second-order valence-electron chi connectivity index (χ2n) is 5.34. The molecule has 5 nitrogen and oxygen atoms in total. The molecule has 0 spiro atoms. The van der Waals surface area contributed by atoms with Crippen molar-refractivity contribution in [3.8, 4) is 0 Å². The van der Waals surface area contributed by atoms with Crippen LogP contribution in [-0.4, -0.2) is 38.1 Å². The molecule has 1 aromatic carbocycles. The van der Waals surface area contributed by atoms with Gasteiger partial charge in [-0.15, -0.1) is 0 Å². The van der Waals surface area contributed by atoms with Crippen molar-refractivity contribution in [2.45, 2.75) is 26.3 Å². The molecule has 0 saturated heterocycles. The fourth-order valence-corrected chi connectivity index (χ4v) is 2.50. The molecule has 0 aromatic heterocycles. The lowest BCUT2D eigenvalue weighted by Crippen LogP contribution is -2.50.